The molecule has 0 aromatic heterocycles. The van der Waals surface area contributed by atoms with E-state index in [4.69, 9.17) is 20.9 Å². The molecule has 2 aromatic carbocycles. The minimum atomic E-state index is -1.44. The molecule has 1 saturated heterocycles. The van der Waals surface area contributed by atoms with Gasteiger partial charge in [-0.2, -0.15) is 0 Å². The topological polar surface area (TPSA) is 62.2 Å². The molecule has 2 aliphatic heterocycles. The predicted molar refractivity (Wildman–Crippen MR) is 115 cm³/mol. The summed E-state index contributed by atoms with van der Waals surface area (Å²) in [5.41, 5.74) is -0.115. The molecule has 9 heteroatoms. The summed E-state index contributed by atoms with van der Waals surface area (Å²) in [5.74, 6) is -1.14. The number of aliphatic hydroxyl groups is 1. The third-order valence-electron chi connectivity index (χ3n) is 6.14. The van der Waals surface area contributed by atoms with E-state index in [1.165, 1.54) is 30.1 Å². The van der Waals surface area contributed by atoms with Gasteiger partial charge in [-0.3, -0.25) is 9.69 Å². The first-order valence-corrected chi connectivity index (χ1v) is 10.0. The van der Waals surface area contributed by atoms with Crippen molar-refractivity contribution in [2.24, 2.45) is 0 Å². The van der Waals surface area contributed by atoms with Gasteiger partial charge >= 0.3 is 7.12 Å². The maximum absolute atomic E-state index is 14.3. The molecule has 1 N–H and O–H groups in total. The average Bonchev–Trinajstić information content (AvgIpc) is 2.88. The normalized spacial score (nSPS) is 22.5. The Morgan fingerprint density at radius 3 is 2.33 bits per heavy atom. The van der Waals surface area contributed by atoms with Crippen molar-refractivity contribution in [3.63, 3.8) is 0 Å². The van der Waals surface area contributed by atoms with Crippen molar-refractivity contribution >= 4 is 41.5 Å². The minimum Gasteiger partial charge on any atom is -0.399 e. The highest BCUT2D eigenvalue weighted by Gasteiger charge is 2.52. The van der Waals surface area contributed by atoms with Crippen LogP contribution >= 0.6 is 11.6 Å². The van der Waals surface area contributed by atoms with Crippen LogP contribution in [0.1, 0.15) is 38.1 Å². The smallest absolute Gasteiger partial charge is 0.399 e. The third-order valence-corrected chi connectivity index (χ3v) is 6.55. The lowest BCUT2D eigenvalue weighted by molar-refractivity contribution is 0.00578. The number of benzene rings is 2. The Hall–Kier alpha value is -2.13. The number of fused-ring (bicyclic) bond motifs is 1. The van der Waals surface area contributed by atoms with Gasteiger partial charge in [-0.05, 0) is 45.9 Å². The molecule has 1 amide bonds. The predicted octanol–water partition coefficient (Wildman–Crippen LogP) is 3.15. The molecule has 30 heavy (non-hydrogen) atoms. The summed E-state index contributed by atoms with van der Waals surface area (Å²) in [7, 11) is 0.778. The van der Waals surface area contributed by atoms with Crippen molar-refractivity contribution in [1.82, 2.24) is 0 Å². The number of para-hydroxylation sites is 1. The highest BCUT2D eigenvalue weighted by Crippen LogP contribution is 2.39. The molecule has 0 radical (unpaired) electrons. The van der Waals surface area contributed by atoms with Crippen LogP contribution in [0.2, 0.25) is 5.02 Å². The first kappa shape index (κ1) is 21.1. The molecule has 0 bridgehead atoms. The van der Waals surface area contributed by atoms with E-state index in [2.05, 4.69) is 0 Å². The van der Waals surface area contributed by atoms with Crippen LogP contribution in [0.15, 0.2) is 36.4 Å². The summed E-state index contributed by atoms with van der Waals surface area (Å²) in [6.07, 6.45) is -1.44. The number of anilines is 2. The summed E-state index contributed by atoms with van der Waals surface area (Å²) in [4.78, 5) is 15.6. The molecular formula is C21H23BClFN2O4. The van der Waals surface area contributed by atoms with Crippen LogP contribution in [0.3, 0.4) is 0 Å². The summed E-state index contributed by atoms with van der Waals surface area (Å²) in [5, 5.41) is 11.0. The fraction of sp³-hybridized carbons (Fsp3) is 0.381. The third kappa shape index (κ3) is 3.01. The molecule has 2 aliphatic rings. The average molecular weight is 433 g/mol. The highest BCUT2D eigenvalue weighted by atomic mass is 35.5. The fourth-order valence-corrected chi connectivity index (χ4v) is 3.98. The number of aliphatic hydroxyl groups excluding tert-OH is 1. The molecular weight excluding hydrogens is 410 g/mol. The number of hydrogen-bond donors (Lipinski definition) is 1. The zero-order valence-electron chi connectivity index (χ0n) is 17.4. The van der Waals surface area contributed by atoms with E-state index in [9.17, 15) is 14.3 Å². The highest BCUT2D eigenvalue weighted by molar-refractivity contribution is 6.66. The van der Waals surface area contributed by atoms with Crippen molar-refractivity contribution < 1.29 is 23.6 Å². The first-order valence-electron chi connectivity index (χ1n) is 9.63. The van der Waals surface area contributed by atoms with Gasteiger partial charge in [-0.25, -0.2) is 4.39 Å². The lowest BCUT2D eigenvalue weighted by Gasteiger charge is -2.41. The van der Waals surface area contributed by atoms with Gasteiger partial charge in [0.1, 0.15) is 5.82 Å². The molecule has 1 fully saturated rings. The van der Waals surface area contributed by atoms with Gasteiger partial charge in [0.15, 0.2) is 0 Å². The Balaban J connectivity index is 1.77. The van der Waals surface area contributed by atoms with Crippen LogP contribution in [0, 0.1) is 5.82 Å². The first-order chi connectivity index (χ1) is 14.0. The van der Waals surface area contributed by atoms with Crippen LogP contribution in [0.25, 0.3) is 0 Å². The standard InChI is InChI=1S/C21H23BClFN2O4/c1-20(2)21(3,4)30-22(29-20)13-9-7-11-15(16(13)23)26-18(27)12-8-6-10-14(24)17(12)25(5)19(26)28/h6-11,19,28H,1-5H3. The lowest BCUT2D eigenvalue weighted by atomic mass is 9.78. The summed E-state index contributed by atoms with van der Waals surface area (Å²) >= 11 is 6.69. The largest absolute Gasteiger partial charge is 0.496 e. The number of carbonyl (C=O) groups excluding carboxylic acids is 1. The molecule has 4 rings (SSSR count). The van der Waals surface area contributed by atoms with E-state index >= 15 is 0 Å². The molecule has 0 aliphatic carbocycles. The SMILES string of the molecule is CN1c2c(F)cccc2C(=O)N(c2cccc(B3OC(C)(C)C(C)(C)O3)c2Cl)C1O. The van der Waals surface area contributed by atoms with E-state index < -0.39 is 36.4 Å². The van der Waals surface area contributed by atoms with Crippen molar-refractivity contribution in [3.05, 3.63) is 52.8 Å². The van der Waals surface area contributed by atoms with E-state index in [1.807, 2.05) is 27.7 Å². The van der Waals surface area contributed by atoms with Crippen LogP contribution in [-0.2, 0) is 9.31 Å². The quantitative estimate of drug-likeness (QED) is 0.739. The molecule has 158 valence electrons. The lowest BCUT2D eigenvalue weighted by Crippen LogP contribution is -2.55. The number of rotatable bonds is 2. The second-order valence-corrected chi connectivity index (χ2v) is 8.92. The summed E-state index contributed by atoms with van der Waals surface area (Å²) < 4.78 is 26.5. The molecule has 1 atom stereocenters. The second-order valence-electron chi connectivity index (χ2n) is 8.54. The summed E-state index contributed by atoms with van der Waals surface area (Å²) in [6.45, 7) is 7.73. The Morgan fingerprint density at radius 1 is 1.10 bits per heavy atom. The number of halogens is 2. The fourth-order valence-electron chi connectivity index (χ4n) is 3.68. The summed E-state index contributed by atoms with van der Waals surface area (Å²) in [6, 6.07) is 9.31. The Bertz CT molecular complexity index is 1020. The van der Waals surface area contributed by atoms with Crippen LogP contribution in [0.4, 0.5) is 15.8 Å². The van der Waals surface area contributed by atoms with E-state index in [0.717, 1.165) is 4.90 Å². The molecule has 6 nitrogen and oxygen atoms in total. The van der Waals surface area contributed by atoms with E-state index in [1.54, 1.807) is 18.2 Å². The van der Waals surface area contributed by atoms with Crippen molar-refractivity contribution in [2.45, 2.75) is 45.2 Å². The Kier molecular flexibility index (Phi) is 4.89. The minimum absolute atomic E-state index is 0.0458. The monoisotopic (exact) mass is 432 g/mol. The Labute approximate surface area is 180 Å². The maximum Gasteiger partial charge on any atom is 0.496 e. The molecule has 0 spiro atoms. The van der Waals surface area contributed by atoms with Crippen molar-refractivity contribution in [1.29, 1.82) is 0 Å². The number of carbonyl (C=O) groups is 1. The van der Waals surface area contributed by atoms with Gasteiger partial charge in [0.25, 0.3) is 5.91 Å². The van der Waals surface area contributed by atoms with Crippen LogP contribution in [-0.4, -0.2) is 42.7 Å². The van der Waals surface area contributed by atoms with Gasteiger partial charge in [0.05, 0.1) is 33.2 Å². The van der Waals surface area contributed by atoms with Gasteiger partial charge in [0, 0.05) is 12.5 Å². The van der Waals surface area contributed by atoms with Crippen LogP contribution < -0.4 is 15.3 Å². The van der Waals surface area contributed by atoms with Gasteiger partial charge in [-0.1, -0.05) is 29.8 Å². The Morgan fingerprint density at radius 2 is 1.70 bits per heavy atom. The maximum atomic E-state index is 14.3. The molecule has 2 heterocycles. The number of hydrogen-bond acceptors (Lipinski definition) is 5. The molecule has 1 unspecified atom stereocenters. The molecule has 0 saturated carbocycles. The van der Waals surface area contributed by atoms with Gasteiger partial charge in [-0.15, -0.1) is 0 Å². The van der Waals surface area contributed by atoms with Crippen molar-refractivity contribution in [3.8, 4) is 0 Å². The van der Waals surface area contributed by atoms with Gasteiger partial charge < -0.3 is 19.3 Å². The number of amides is 1. The zero-order chi connectivity index (χ0) is 22.0. The van der Waals surface area contributed by atoms with E-state index in [0.29, 0.717) is 5.46 Å². The number of nitrogens with zero attached hydrogens (tertiary/aromatic N) is 2. The van der Waals surface area contributed by atoms with Crippen LogP contribution in [0.5, 0.6) is 0 Å². The van der Waals surface area contributed by atoms with E-state index in [-0.39, 0.29) is 22.0 Å². The second kappa shape index (κ2) is 6.95. The molecule has 2 aromatic rings. The van der Waals surface area contributed by atoms with Gasteiger partial charge in [0.2, 0.25) is 6.35 Å². The zero-order valence-corrected chi connectivity index (χ0v) is 18.2. The van der Waals surface area contributed by atoms with Crippen molar-refractivity contribution in [2.75, 3.05) is 16.8 Å².